The zero-order valence-electron chi connectivity index (χ0n) is 26.9. The van der Waals surface area contributed by atoms with Gasteiger partial charge in [-0.3, -0.25) is 4.55 Å². The Bertz CT molecular complexity index is 1990. The molecule has 47 heavy (non-hydrogen) atoms. The van der Waals surface area contributed by atoms with Crippen LogP contribution in [-0.2, 0) is 43.9 Å². The van der Waals surface area contributed by atoms with Gasteiger partial charge in [-0.25, -0.2) is 0 Å². The summed E-state index contributed by atoms with van der Waals surface area (Å²) in [6.07, 6.45) is 16.0. The Kier molecular flexibility index (Phi) is 6.18. The van der Waals surface area contributed by atoms with Crippen LogP contribution >= 0.6 is 0 Å². The molecule has 6 nitrogen and oxygen atoms in total. The minimum atomic E-state index is -4.43. The highest BCUT2D eigenvalue weighted by Crippen LogP contribution is 2.65. The lowest BCUT2D eigenvalue weighted by atomic mass is 9.46. The summed E-state index contributed by atoms with van der Waals surface area (Å²) in [6.45, 7) is 0. The molecule has 8 saturated carbocycles. The van der Waals surface area contributed by atoms with Gasteiger partial charge in [0.15, 0.2) is 0 Å². The molecule has 248 valence electrons. The van der Waals surface area contributed by atoms with Crippen molar-refractivity contribution in [2.75, 3.05) is 0 Å². The fourth-order valence-corrected chi connectivity index (χ4v) is 15.6. The molecular formula is C39H44O6S2. The molecule has 0 unspecified atom stereocenters. The highest BCUT2D eigenvalue weighted by atomic mass is 32.2. The van der Waals surface area contributed by atoms with Gasteiger partial charge in [-0.2, -0.15) is 16.8 Å². The molecule has 8 fully saturated rings. The summed E-state index contributed by atoms with van der Waals surface area (Å²) in [5.41, 5.74) is 3.09. The molecule has 0 heterocycles. The van der Waals surface area contributed by atoms with Crippen LogP contribution in [0.1, 0.15) is 106 Å². The molecule has 0 aliphatic heterocycles. The second-order valence-corrected chi connectivity index (χ2v) is 20.0. The molecule has 0 radical (unpaired) electrons. The van der Waals surface area contributed by atoms with Gasteiger partial charge in [0.1, 0.15) is 10.6 Å². The summed E-state index contributed by atoms with van der Waals surface area (Å²) in [6, 6.07) is 13.5. The third-order valence-electron chi connectivity index (χ3n) is 14.1. The predicted octanol–water partition coefficient (Wildman–Crippen LogP) is 8.28. The van der Waals surface area contributed by atoms with Crippen molar-refractivity contribution >= 4 is 31.0 Å². The first-order chi connectivity index (χ1) is 22.5. The van der Waals surface area contributed by atoms with E-state index in [2.05, 4.69) is 30.3 Å². The van der Waals surface area contributed by atoms with Crippen molar-refractivity contribution in [2.24, 2.45) is 35.5 Å². The topological polar surface area (TPSA) is 97.7 Å². The molecule has 9 aliphatic carbocycles. The lowest BCUT2D eigenvalue weighted by molar-refractivity contribution is -0.00703. The van der Waals surface area contributed by atoms with Crippen LogP contribution < -0.4 is 4.18 Å². The molecule has 3 aromatic carbocycles. The highest BCUT2D eigenvalue weighted by molar-refractivity contribution is 7.87. The molecule has 1 N–H and O–H groups in total. The fourth-order valence-electron chi connectivity index (χ4n) is 13.5. The Morgan fingerprint density at radius 3 is 1.68 bits per heavy atom. The molecule has 0 amide bonds. The maximum Gasteiger partial charge on any atom is 0.339 e. The minimum absolute atomic E-state index is 0.00297. The van der Waals surface area contributed by atoms with E-state index < -0.39 is 20.2 Å². The van der Waals surface area contributed by atoms with Gasteiger partial charge in [-0.05, 0) is 188 Å². The first-order valence-electron chi connectivity index (χ1n) is 18.1. The maximum atomic E-state index is 15.0. The Morgan fingerprint density at radius 2 is 1.13 bits per heavy atom. The van der Waals surface area contributed by atoms with Crippen LogP contribution in [0.2, 0.25) is 0 Å². The Hall–Kier alpha value is -2.42. The van der Waals surface area contributed by atoms with Crippen molar-refractivity contribution in [3.05, 3.63) is 64.7 Å². The van der Waals surface area contributed by atoms with Gasteiger partial charge in [0.05, 0.1) is 4.90 Å². The van der Waals surface area contributed by atoms with Crippen LogP contribution in [-0.4, -0.2) is 21.4 Å². The Labute approximate surface area is 278 Å². The molecule has 12 rings (SSSR count). The summed E-state index contributed by atoms with van der Waals surface area (Å²) >= 11 is 0. The average Bonchev–Trinajstić information content (AvgIpc) is 3.49. The summed E-state index contributed by atoms with van der Waals surface area (Å²) in [7, 11) is -8.74. The van der Waals surface area contributed by atoms with Gasteiger partial charge < -0.3 is 4.18 Å². The number of fused-ring (bicyclic) bond motifs is 2. The second-order valence-electron chi connectivity index (χ2n) is 17.1. The average molecular weight is 673 g/mol. The summed E-state index contributed by atoms with van der Waals surface area (Å²) < 4.78 is 70.5. The minimum Gasteiger partial charge on any atom is -0.379 e. The van der Waals surface area contributed by atoms with Gasteiger partial charge in [-0.15, -0.1) is 0 Å². The number of hydrogen-bond donors (Lipinski definition) is 1. The zero-order chi connectivity index (χ0) is 31.9. The summed E-state index contributed by atoms with van der Waals surface area (Å²) in [4.78, 5) is 0.216. The van der Waals surface area contributed by atoms with Gasteiger partial charge in [0.2, 0.25) is 0 Å². The first-order valence-corrected chi connectivity index (χ1v) is 21.0. The molecule has 3 aromatic rings. The smallest absolute Gasteiger partial charge is 0.339 e. The maximum absolute atomic E-state index is 15.0. The van der Waals surface area contributed by atoms with E-state index in [9.17, 15) is 13.0 Å². The lowest BCUT2D eigenvalue weighted by Crippen LogP contribution is -2.50. The van der Waals surface area contributed by atoms with Crippen LogP contribution in [0.15, 0.2) is 52.3 Å². The molecule has 0 atom stereocenters. The van der Waals surface area contributed by atoms with Crippen molar-refractivity contribution in [1.29, 1.82) is 0 Å². The Morgan fingerprint density at radius 1 is 0.617 bits per heavy atom. The third kappa shape index (κ3) is 4.42. The van der Waals surface area contributed by atoms with Crippen molar-refractivity contribution in [3.63, 3.8) is 0 Å². The molecule has 0 saturated heterocycles. The number of benzene rings is 3. The van der Waals surface area contributed by atoms with Crippen molar-refractivity contribution < 1.29 is 25.6 Å². The van der Waals surface area contributed by atoms with Gasteiger partial charge >= 0.3 is 10.1 Å². The van der Waals surface area contributed by atoms with Crippen molar-refractivity contribution in [2.45, 2.75) is 117 Å². The van der Waals surface area contributed by atoms with E-state index >= 15 is 8.42 Å². The standard InChI is InChI=1S/C39H44O6S2/c40-46(41,42)35-9-8-34(30-6-3-7-31(30)35)45-47(43,44)36-16-33(38-17-23-10-24(18-38)12-25(11-23)19-38)29-4-1-2-5-32(29)37(36)39-20-26-13-27(21-39)15-28(14-26)22-39/h1-2,4-5,8-9,16,23-28H,3,6-7,10-15,17-22H2,(H,40,41,42). The van der Waals surface area contributed by atoms with E-state index in [-0.39, 0.29) is 21.5 Å². The van der Waals surface area contributed by atoms with E-state index in [0.717, 1.165) is 67.2 Å². The summed E-state index contributed by atoms with van der Waals surface area (Å²) in [5.74, 6) is 4.32. The van der Waals surface area contributed by atoms with Gasteiger partial charge in [0, 0.05) is 5.56 Å². The van der Waals surface area contributed by atoms with E-state index in [1.807, 2.05) is 0 Å². The summed E-state index contributed by atoms with van der Waals surface area (Å²) in [5, 5.41) is 2.36. The fraction of sp³-hybridized carbons (Fsp3) is 0.590. The molecule has 8 bridgehead atoms. The molecule has 0 spiro atoms. The molecular weight excluding hydrogens is 629 g/mol. The van der Waals surface area contributed by atoms with Crippen LogP contribution in [0.5, 0.6) is 5.75 Å². The zero-order valence-corrected chi connectivity index (χ0v) is 28.6. The third-order valence-corrected chi connectivity index (χ3v) is 16.3. The lowest BCUT2D eigenvalue weighted by Gasteiger charge is -2.58. The first kappa shape index (κ1) is 29.5. The van der Waals surface area contributed by atoms with Crippen LogP contribution in [0.4, 0.5) is 0 Å². The molecule has 9 aliphatic rings. The van der Waals surface area contributed by atoms with Crippen LogP contribution in [0.25, 0.3) is 10.8 Å². The number of hydrogen-bond acceptors (Lipinski definition) is 5. The van der Waals surface area contributed by atoms with Gasteiger partial charge in [0.25, 0.3) is 10.1 Å². The van der Waals surface area contributed by atoms with Crippen molar-refractivity contribution in [1.82, 2.24) is 0 Å². The number of rotatable bonds is 6. The van der Waals surface area contributed by atoms with E-state index in [0.29, 0.717) is 53.0 Å². The second kappa shape index (κ2) is 9.85. The largest absolute Gasteiger partial charge is 0.379 e. The Balaban J connectivity index is 1.19. The molecule has 0 aromatic heterocycles. The highest BCUT2D eigenvalue weighted by Gasteiger charge is 2.56. The monoisotopic (exact) mass is 672 g/mol. The normalized spacial score (nSPS) is 36.7. The SMILES string of the molecule is O=S(=O)(O)c1ccc(OS(=O)(=O)c2cc(C34CC5CC(CC(C5)C3)C4)c3ccccc3c2C23CC4CC(CC(C4)C2)C3)c2c1CCC2. The van der Waals surface area contributed by atoms with E-state index in [1.54, 1.807) is 0 Å². The van der Waals surface area contributed by atoms with Gasteiger partial charge in [-0.1, -0.05) is 24.3 Å². The van der Waals surface area contributed by atoms with Crippen LogP contribution in [0.3, 0.4) is 0 Å². The quantitative estimate of drug-likeness (QED) is 0.209. The van der Waals surface area contributed by atoms with E-state index in [4.69, 9.17) is 4.18 Å². The predicted molar refractivity (Wildman–Crippen MR) is 180 cm³/mol. The van der Waals surface area contributed by atoms with E-state index in [1.165, 1.54) is 61.6 Å². The van der Waals surface area contributed by atoms with Crippen LogP contribution in [0, 0.1) is 35.5 Å². The van der Waals surface area contributed by atoms with Crippen molar-refractivity contribution in [3.8, 4) is 5.75 Å². The molecule has 8 heteroatoms.